The number of benzene rings is 1. The summed E-state index contributed by atoms with van der Waals surface area (Å²) in [5.74, 6) is 1.50. The Morgan fingerprint density at radius 1 is 0.952 bits per heavy atom. The molecule has 4 heteroatoms. The van der Waals surface area contributed by atoms with Gasteiger partial charge in [-0.25, -0.2) is 4.98 Å². The number of nitrogens with one attached hydrogen (secondary N) is 1. The van der Waals surface area contributed by atoms with Gasteiger partial charge in [-0.1, -0.05) is 36.4 Å². The molecule has 1 N–H and O–H groups in total. The summed E-state index contributed by atoms with van der Waals surface area (Å²) < 4.78 is 5.45. The number of hydrogen-bond acceptors (Lipinski definition) is 3. The highest BCUT2D eigenvalue weighted by Crippen LogP contribution is 2.35. The van der Waals surface area contributed by atoms with E-state index in [0.717, 1.165) is 28.5 Å². The van der Waals surface area contributed by atoms with Gasteiger partial charge in [0.15, 0.2) is 11.6 Å². The fourth-order valence-corrected chi connectivity index (χ4v) is 3.03. The van der Waals surface area contributed by atoms with Crippen molar-refractivity contribution in [1.29, 1.82) is 0 Å². The molecule has 0 fully saturated rings. The van der Waals surface area contributed by atoms with Gasteiger partial charge in [-0.3, -0.25) is 0 Å². The second kappa shape index (κ2) is 5.07. The maximum Gasteiger partial charge on any atom is 0.174 e. The van der Waals surface area contributed by atoms with Crippen LogP contribution < -0.4 is 0 Å². The Morgan fingerprint density at radius 3 is 2.57 bits per heavy atom. The number of thiophene rings is 1. The molecule has 0 atom stereocenters. The third-order valence-electron chi connectivity index (χ3n) is 3.27. The molecule has 0 saturated carbocycles. The van der Waals surface area contributed by atoms with Gasteiger partial charge in [-0.15, -0.1) is 11.3 Å². The van der Waals surface area contributed by atoms with E-state index in [1.54, 1.807) is 17.6 Å². The normalized spacial score (nSPS) is 10.9. The predicted octanol–water partition coefficient (Wildman–Crippen LogP) is 5.07. The Kier molecular flexibility index (Phi) is 2.94. The summed E-state index contributed by atoms with van der Waals surface area (Å²) in [5.41, 5.74) is 3.07. The predicted molar refractivity (Wildman–Crippen MR) is 85.0 cm³/mol. The fourth-order valence-electron chi connectivity index (χ4n) is 2.31. The molecule has 4 aromatic rings. The highest BCUT2D eigenvalue weighted by Gasteiger charge is 2.16. The van der Waals surface area contributed by atoms with Crippen LogP contribution in [0.25, 0.3) is 33.4 Å². The lowest BCUT2D eigenvalue weighted by Crippen LogP contribution is -1.80. The van der Waals surface area contributed by atoms with Crippen LogP contribution in [0.5, 0.6) is 0 Å². The molecule has 3 aromatic heterocycles. The zero-order valence-corrected chi connectivity index (χ0v) is 11.9. The zero-order valence-electron chi connectivity index (χ0n) is 11.1. The summed E-state index contributed by atoms with van der Waals surface area (Å²) in [7, 11) is 0. The molecule has 0 spiro atoms. The summed E-state index contributed by atoms with van der Waals surface area (Å²) in [6.45, 7) is 0. The largest absolute Gasteiger partial charge is 0.461 e. The van der Waals surface area contributed by atoms with E-state index < -0.39 is 0 Å². The van der Waals surface area contributed by atoms with Crippen LogP contribution in [0.4, 0.5) is 0 Å². The molecule has 0 aliphatic rings. The minimum Gasteiger partial charge on any atom is -0.461 e. The molecule has 102 valence electrons. The minimum atomic E-state index is 0.745. The highest BCUT2D eigenvalue weighted by molar-refractivity contribution is 7.13. The molecule has 4 rings (SSSR count). The lowest BCUT2D eigenvalue weighted by molar-refractivity contribution is 0.578. The van der Waals surface area contributed by atoms with Gasteiger partial charge in [0, 0.05) is 5.56 Å². The molecule has 3 heterocycles. The lowest BCUT2D eigenvalue weighted by atomic mass is 10.1. The number of imidazole rings is 1. The quantitative estimate of drug-likeness (QED) is 0.573. The average molecular weight is 292 g/mol. The van der Waals surface area contributed by atoms with Crippen molar-refractivity contribution >= 4 is 11.3 Å². The minimum absolute atomic E-state index is 0.745. The number of furan rings is 1. The lowest BCUT2D eigenvalue weighted by Gasteiger charge is -1.99. The molecule has 0 aliphatic carbocycles. The first kappa shape index (κ1) is 12.2. The van der Waals surface area contributed by atoms with Crippen LogP contribution in [0, 0.1) is 0 Å². The molecule has 0 saturated heterocycles. The Bertz CT molecular complexity index is 830. The monoisotopic (exact) mass is 292 g/mol. The first-order valence-corrected chi connectivity index (χ1v) is 7.53. The number of H-pyrrole nitrogens is 1. The van der Waals surface area contributed by atoms with Gasteiger partial charge < -0.3 is 9.40 Å². The van der Waals surface area contributed by atoms with Crippen LogP contribution in [0.1, 0.15) is 0 Å². The molecule has 0 amide bonds. The van der Waals surface area contributed by atoms with Gasteiger partial charge in [0.25, 0.3) is 0 Å². The smallest absolute Gasteiger partial charge is 0.174 e. The third kappa shape index (κ3) is 2.19. The van der Waals surface area contributed by atoms with Crippen LogP contribution in [0.3, 0.4) is 0 Å². The van der Waals surface area contributed by atoms with E-state index in [1.165, 1.54) is 4.88 Å². The Labute approximate surface area is 125 Å². The number of nitrogens with zero attached hydrogens (tertiary/aromatic N) is 1. The fraction of sp³-hybridized carbons (Fsp3) is 0. The summed E-state index contributed by atoms with van der Waals surface area (Å²) >= 11 is 1.69. The molecular weight excluding hydrogens is 280 g/mol. The van der Waals surface area contributed by atoms with Crippen molar-refractivity contribution in [3.8, 4) is 33.4 Å². The van der Waals surface area contributed by atoms with Crippen LogP contribution in [0.2, 0.25) is 0 Å². The van der Waals surface area contributed by atoms with Gasteiger partial charge in [0.1, 0.15) is 0 Å². The third-order valence-corrected chi connectivity index (χ3v) is 4.16. The van der Waals surface area contributed by atoms with Crippen LogP contribution in [-0.2, 0) is 0 Å². The van der Waals surface area contributed by atoms with Crippen molar-refractivity contribution in [3.63, 3.8) is 0 Å². The van der Waals surface area contributed by atoms with Crippen molar-refractivity contribution < 1.29 is 4.42 Å². The maximum atomic E-state index is 5.45. The first-order chi connectivity index (χ1) is 10.4. The molecule has 0 radical (unpaired) electrons. The summed E-state index contributed by atoms with van der Waals surface area (Å²) in [6, 6.07) is 18.1. The van der Waals surface area contributed by atoms with Crippen LogP contribution in [-0.4, -0.2) is 9.97 Å². The van der Waals surface area contributed by atoms with Gasteiger partial charge in [0.2, 0.25) is 0 Å². The average Bonchev–Trinajstić information content (AvgIpc) is 3.27. The van der Waals surface area contributed by atoms with Gasteiger partial charge in [0.05, 0.1) is 22.5 Å². The number of aromatic nitrogens is 2. The topological polar surface area (TPSA) is 41.8 Å². The van der Waals surface area contributed by atoms with Gasteiger partial charge >= 0.3 is 0 Å². The molecule has 0 unspecified atom stereocenters. The number of hydrogen-bond donors (Lipinski definition) is 1. The molecule has 0 aliphatic heterocycles. The van der Waals surface area contributed by atoms with Crippen LogP contribution >= 0.6 is 11.3 Å². The number of rotatable bonds is 3. The molecule has 3 nitrogen and oxygen atoms in total. The van der Waals surface area contributed by atoms with Gasteiger partial charge in [-0.05, 0) is 23.6 Å². The van der Waals surface area contributed by atoms with E-state index in [2.05, 4.69) is 28.6 Å². The zero-order chi connectivity index (χ0) is 14.1. The van der Waals surface area contributed by atoms with E-state index in [-0.39, 0.29) is 0 Å². The van der Waals surface area contributed by atoms with E-state index in [0.29, 0.717) is 0 Å². The second-order valence-corrected chi connectivity index (χ2v) is 5.58. The highest BCUT2D eigenvalue weighted by atomic mass is 32.1. The van der Waals surface area contributed by atoms with Gasteiger partial charge in [-0.2, -0.15) is 0 Å². The molecule has 0 bridgehead atoms. The van der Waals surface area contributed by atoms with Crippen LogP contribution in [0.15, 0.2) is 70.7 Å². The maximum absolute atomic E-state index is 5.45. The van der Waals surface area contributed by atoms with E-state index in [9.17, 15) is 0 Å². The van der Waals surface area contributed by atoms with Crippen molar-refractivity contribution in [2.75, 3.05) is 0 Å². The second-order valence-electron chi connectivity index (χ2n) is 4.63. The molecule has 21 heavy (non-hydrogen) atoms. The Hall–Kier alpha value is -2.59. The number of aromatic amines is 1. The van der Waals surface area contributed by atoms with E-state index >= 15 is 0 Å². The first-order valence-electron chi connectivity index (χ1n) is 6.65. The molecular formula is C17H12N2OS. The summed E-state index contributed by atoms with van der Waals surface area (Å²) in [4.78, 5) is 9.29. The van der Waals surface area contributed by atoms with E-state index in [1.807, 2.05) is 36.4 Å². The molecule has 1 aromatic carbocycles. The SMILES string of the molecule is c1ccc(-c2nc(-c3ccco3)[nH]c2-c2cccs2)cc1. The van der Waals surface area contributed by atoms with Crippen molar-refractivity contribution in [2.45, 2.75) is 0 Å². The standard InChI is InChI=1S/C17H12N2OS/c1-2-6-12(7-3-1)15-16(14-9-5-11-21-14)19-17(18-15)13-8-4-10-20-13/h1-11H,(H,18,19). The van der Waals surface area contributed by atoms with Crippen molar-refractivity contribution in [1.82, 2.24) is 9.97 Å². The van der Waals surface area contributed by atoms with E-state index in [4.69, 9.17) is 9.40 Å². The Balaban J connectivity index is 1.92. The van der Waals surface area contributed by atoms with Crippen molar-refractivity contribution in [2.24, 2.45) is 0 Å². The summed E-state index contributed by atoms with van der Waals surface area (Å²) in [5, 5.41) is 2.07. The van der Waals surface area contributed by atoms with Crippen molar-refractivity contribution in [3.05, 3.63) is 66.2 Å². The Morgan fingerprint density at radius 2 is 1.86 bits per heavy atom. The summed E-state index contributed by atoms with van der Waals surface area (Å²) in [6.07, 6.45) is 1.66.